The second kappa shape index (κ2) is 4.31. The van der Waals surface area contributed by atoms with E-state index in [1.165, 1.54) is 5.56 Å². The Morgan fingerprint density at radius 3 is 3.07 bits per heavy atom. The first-order valence-electron chi connectivity index (χ1n) is 5.02. The van der Waals surface area contributed by atoms with Gasteiger partial charge in [0.2, 0.25) is 0 Å². The Morgan fingerprint density at radius 2 is 2.27 bits per heavy atom. The van der Waals surface area contributed by atoms with Crippen molar-refractivity contribution in [2.75, 3.05) is 11.9 Å². The molecule has 1 unspecified atom stereocenters. The fourth-order valence-corrected chi connectivity index (χ4v) is 1.80. The number of para-hydroxylation sites is 1. The van der Waals surface area contributed by atoms with E-state index in [0.29, 0.717) is 6.54 Å². The fourth-order valence-electron chi connectivity index (χ4n) is 1.80. The topological polar surface area (TPSA) is 61.4 Å². The molecule has 3 N–H and O–H groups in total. The van der Waals surface area contributed by atoms with Crippen molar-refractivity contribution in [1.82, 2.24) is 5.32 Å². The molecule has 1 aliphatic heterocycles. The number of carbonyl (C=O) groups is 1. The molecule has 0 aromatic heterocycles. The maximum Gasteiger partial charge on any atom is 0.305 e. The summed E-state index contributed by atoms with van der Waals surface area (Å²) in [5, 5.41) is 15.2. The second-order valence-electron chi connectivity index (χ2n) is 3.73. The molecule has 4 nitrogen and oxygen atoms in total. The lowest BCUT2D eigenvalue weighted by Crippen LogP contribution is -2.31. The van der Waals surface area contributed by atoms with Gasteiger partial charge in [0.05, 0.1) is 6.42 Å². The Morgan fingerprint density at radius 1 is 1.47 bits per heavy atom. The minimum absolute atomic E-state index is 0.0360. The molecular weight excluding hydrogens is 192 g/mol. The second-order valence-corrected chi connectivity index (χ2v) is 3.73. The van der Waals surface area contributed by atoms with Crippen LogP contribution in [0.15, 0.2) is 24.3 Å². The Bertz CT molecular complexity index is 365. The third-order valence-electron chi connectivity index (χ3n) is 2.50. The van der Waals surface area contributed by atoms with Crippen LogP contribution in [0.5, 0.6) is 0 Å². The Labute approximate surface area is 88.3 Å². The van der Waals surface area contributed by atoms with Crippen LogP contribution in [0.2, 0.25) is 0 Å². The lowest BCUT2D eigenvalue weighted by Gasteiger charge is -2.15. The van der Waals surface area contributed by atoms with Gasteiger partial charge in [-0.1, -0.05) is 18.2 Å². The summed E-state index contributed by atoms with van der Waals surface area (Å²) in [5.41, 5.74) is 2.22. The molecule has 0 amide bonds. The number of rotatable bonds is 2. The van der Waals surface area contributed by atoms with Crippen molar-refractivity contribution in [1.29, 1.82) is 0 Å². The van der Waals surface area contributed by atoms with Crippen LogP contribution in [-0.2, 0) is 11.3 Å². The predicted molar refractivity (Wildman–Crippen MR) is 57.8 cm³/mol. The molecule has 0 saturated heterocycles. The maximum absolute atomic E-state index is 10.6. The molecule has 1 atom stereocenters. The number of benzene rings is 1. The van der Waals surface area contributed by atoms with Crippen molar-refractivity contribution >= 4 is 11.7 Å². The molecule has 1 aliphatic rings. The number of carboxylic acids is 1. The highest BCUT2D eigenvalue weighted by atomic mass is 16.4. The molecule has 4 heteroatoms. The lowest BCUT2D eigenvalue weighted by atomic mass is 10.1. The van der Waals surface area contributed by atoms with Crippen molar-refractivity contribution in [3.63, 3.8) is 0 Å². The standard InChI is InChI=1S/C11H14N2O2/c14-11(15)5-9-7-12-6-8-3-1-2-4-10(8)13-9/h1-4,9,12-13H,5-7H2,(H,14,15). The maximum atomic E-state index is 10.6. The molecule has 2 rings (SSSR count). The van der Waals surface area contributed by atoms with E-state index in [2.05, 4.69) is 10.6 Å². The Hall–Kier alpha value is -1.55. The van der Waals surface area contributed by atoms with E-state index in [1.807, 2.05) is 24.3 Å². The molecule has 0 bridgehead atoms. The fraction of sp³-hybridized carbons (Fsp3) is 0.364. The van der Waals surface area contributed by atoms with Crippen LogP contribution in [0.25, 0.3) is 0 Å². The molecule has 0 aliphatic carbocycles. The largest absolute Gasteiger partial charge is 0.481 e. The first-order chi connectivity index (χ1) is 7.25. The van der Waals surface area contributed by atoms with Crippen LogP contribution in [0, 0.1) is 0 Å². The average Bonchev–Trinajstić information content (AvgIpc) is 2.38. The normalized spacial score (nSPS) is 19.9. The molecule has 15 heavy (non-hydrogen) atoms. The highest BCUT2D eigenvalue weighted by Crippen LogP contribution is 2.18. The van der Waals surface area contributed by atoms with E-state index < -0.39 is 5.97 Å². The number of carboxylic acid groups (broad SMARTS) is 1. The molecule has 0 saturated carbocycles. The summed E-state index contributed by atoms with van der Waals surface area (Å²) in [6, 6.07) is 7.93. The van der Waals surface area contributed by atoms with E-state index in [4.69, 9.17) is 5.11 Å². The van der Waals surface area contributed by atoms with Gasteiger partial charge in [0, 0.05) is 24.8 Å². The van der Waals surface area contributed by atoms with Gasteiger partial charge in [0.15, 0.2) is 0 Å². The summed E-state index contributed by atoms with van der Waals surface area (Å²) in [6.45, 7) is 1.47. The predicted octanol–water partition coefficient (Wildman–Crippen LogP) is 1.04. The number of hydrogen-bond acceptors (Lipinski definition) is 3. The molecular formula is C11H14N2O2. The molecule has 1 aromatic rings. The van der Waals surface area contributed by atoms with Gasteiger partial charge in [-0.3, -0.25) is 4.79 Å². The van der Waals surface area contributed by atoms with Crippen LogP contribution >= 0.6 is 0 Å². The zero-order valence-corrected chi connectivity index (χ0v) is 8.36. The molecule has 1 aromatic carbocycles. The number of nitrogens with one attached hydrogen (secondary N) is 2. The minimum atomic E-state index is -0.770. The lowest BCUT2D eigenvalue weighted by molar-refractivity contribution is -0.137. The van der Waals surface area contributed by atoms with Crippen molar-refractivity contribution in [3.8, 4) is 0 Å². The van der Waals surface area contributed by atoms with Crippen molar-refractivity contribution < 1.29 is 9.90 Å². The number of anilines is 1. The summed E-state index contributed by atoms with van der Waals surface area (Å²) in [4.78, 5) is 10.6. The van der Waals surface area contributed by atoms with Crippen molar-refractivity contribution in [3.05, 3.63) is 29.8 Å². The summed E-state index contributed by atoms with van der Waals surface area (Å²) >= 11 is 0. The van der Waals surface area contributed by atoms with E-state index in [0.717, 1.165) is 12.2 Å². The van der Waals surface area contributed by atoms with E-state index in [9.17, 15) is 4.79 Å². The third kappa shape index (κ3) is 2.47. The smallest absolute Gasteiger partial charge is 0.305 e. The highest BCUT2D eigenvalue weighted by molar-refractivity contribution is 5.68. The average molecular weight is 206 g/mol. The van der Waals surface area contributed by atoms with E-state index >= 15 is 0 Å². The van der Waals surface area contributed by atoms with Crippen LogP contribution in [0.1, 0.15) is 12.0 Å². The van der Waals surface area contributed by atoms with Gasteiger partial charge in [0.1, 0.15) is 0 Å². The highest BCUT2D eigenvalue weighted by Gasteiger charge is 2.17. The summed E-state index contributed by atoms with van der Waals surface area (Å²) in [7, 11) is 0. The monoisotopic (exact) mass is 206 g/mol. The molecule has 0 fully saturated rings. The first-order valence-corrected chi connectivity index (χ1v) is 5.02. The molecule has 1 heterocycles. The molecule has 80 valence electrons. The van der Waals surface area contributed by atoms with Crippen LogP contribution < -0.4 is 10.6 Å². The first kappa shape index (κ1) is 9.98. The van der Waals surface area contributed by atoms with Gasteiger partial charge in [-0.2, -0.15) is 0 Å². The van der Waals surface area contributed by atoms with Crippen LogP contribution in [-0.4, -0.2) is 23.7 Å². The van der Waals surface area contributed by atoms with Crippen LogP contribution in [0.3, 0.4) is 0 Å². The van der Waals surface area contributed by atoms with Crippen LogP contribution in [0.4, 0.5) is 5.69 Å². The van der Waals surface area contributed by atoms with Gasteiger partial charge < -0.3 is 15.7 Å². The van der Waals surface area contributed by atoms with E-state index in [1.54, 1.807) is 0 Å². The zero-order valence-electron chi connectivity index (χ0n) is 8.36. The SMILES string of the molecule is O=C(O)CC1CNCc2ccccc2N1. The molecule has 0 radical (unpaired) electrons. The third-order valence-corrected chi connectivity index (χ3v) is 2.50. The number of hydrogen-bond donors (Lipinski definition) is 3. The number of fused-ring (bicyclic) bond motifs is 1. The van der Waals surface area contributed by atoms with Crippen molar-refractivity contribution in [2.24, 2.45) is 0 Å². The van der Waals surface area contributed by atoms with Gasteiger partial charge in [-0.25, -0.2) is 0 Å². The molecule has 0 spiro atoms. The van der Waals surface area contributed by atoms with E-state index in [-0.39, 0.29) is 12.5 Å². The van der Waals surface area contributed by atoms with Crippen molar-refractivity contribution in [2.45, 2.75) is 19.0 Å². The Balaban J connectivity index is 2.13. The quantitative estimate of drug-likeness (QED) is 0.676. The van der Waals surface area contributed by atoms with Gasteiger partial charge in [-0.15, -0.1) is 0 Å². The van der Waals surface area contributed by atoms with Gasteiger partial charge in [0.25, 0.3) is 0 Å². The zero-order chi connectivity index (χ0) is 10.7. The number of aliphatic carboxylic acids is 1. The van der Waals surface area contributed by atoms with Gasteiger partial charge >= 0.3 is 5.97 Å². The summed E-state index contributed by atoms with van der Waals surface area (Å²) in [6.07, 6.45) is 0.140. The summed E-state index contributed by atoms with van der Waals surface area (Å²) < 4.78 is 0. The van der Waals surface area contributed by atoms with Gasteiger partial charge in [-0.05, 0) is 11.6 Å². The minimum Gasteiger partial charge on any atom is -0.481 e. The Kier molecular flexibility index (Phi) is 2.87. The summed E-state index contributed by atoms with van der Waals surface area (Å²) in [5.74, 6) is -0.770.